The van der Waals surface area contributed by atoms with Gasteiger partial charge in [-0.25, -0.2) is 9.37 Å². The van der Waals surface area contributed by atoms with Crippen LogP contribution in [0.5, 0.6) is 5.88 Å². The second kappa shape index (κ2) is 7.44. The largest absolute Gasteiger partial charge is 0.492 e. The lowest BCUT2D eigenvalue weighted by molar-refractivity contribution is 0.104. The van der Waals surface area contributed by atoms with Gasteiger partial charge in [0, 0.05) is 41.3 Å². The predicted molar refractivity (Wildman–Crippen MR) is 107 cm³/mol. The van der Waals surface area contributed by atoms with E-state index in [1.165, 1.54) is 18.3 Å². The molecule has 4 nitrogen and oxygen atoms in total. The Morgan fingerprint density at radius 1 is 1.11 bits per heavy atom. The second-order valence-corrected chi connectivity index (χ2v) is 6.75. The van der Waals surface area contributed by atoms with Crippen molar-refractivity contribution in [3.63, 3.8) is 0 Å². The fraction of sp³-hybridized carbons (Fsp3) is 0.0909. The Bertz CT molecular complexity index is 1170. The van der Waals surface area contributed by atoms with Crippen LogP contribution in [0.3, 0.4) is 0 Å². The molecule has 0 fully saturated rings. The molecule has 0 saturated heterocycles. The minimum atomic E-state index is -0.309. The monoisotopic (exact) mass is 394 g/mol. The highest BCUT2D eigenvalue weighted by atomic mass is 35.5. The molecule has 0 spiro atoms. The molecule has 0 saturated carbocycles. The summed E-state index contributed by atoms with van der Waals surface area (Å²) in [5.74, 6) is -0.280. The summed E-state index contributed by atoms with van der Waals surface area (Å²) in [5, 5.41) is 10.8. The molecule has 2 heterocycles. The zero-order valence-corrected chi connectivity index (χ0v) is 15.5. The van der Waals surface area contributed by atoms with Gasteiger partial charge in [-0.15, -0.1) is 11.6 Å². The number of fused-ring (bicyclic) bond motifs is 1. The van der Waals surface area contributed by atoms with Crippen molar-refractivity contribution in [2.45, 2.75) is 6.54 Å². The smallest absolute Gasteiger partial charge is 0.236 e. The number of pyridine rings is 1. The van der Waals surface area contributed by atoms with E-state index in [0.717, 1.165) is 11.1 Å². The highest BCUT2D eigenvalue weighted by Crippen LogP contribution is 2.30. The molecule has 0 bridgehead atoms. The zero-order chi connectivity index (χ0) is 19.7. The lowest BCUT2D eigenvalue weighted by Crippen LogP contribution is -2.01. The van der Waals surface area contributed by atoms with Gasteiger partial charge in [-0.2, -0.15) is 0 Å². The summed E-state index contributed by atoms with van der Waals surface area (Å²) in [6.07, 6.45) is 3.16. The van der Waals surface area contributed by atoms with Gasteiger partial charge in [0.05, 0.1) is 0 Å². The van der Waals surface area contributed by atoms with Crippen molar-refractivity contribution in [3.05, 3.63) is 83.9 Å². The molecule has 0 aliphatic carbocycles. The Labute approximate surface area is 165 Å². The van der Waals surface area contributed by atoms with Crippen LogP contribution < -0.4 is 0 Å². The van der Waals surface area contributed by atoms with Crippen LogP contribution in [0.1, 0.15) is 15.9 Å². The van der Waals surface area contributed by atoms with E-state index >= 15 is 0 Å². The lowest BCUT2D eigenvalue weighted by Gasteiger charge is -2.05. The number of carbonyl (C=O) groups excluding carboxylic acids is 1. The molecule has 0 aliphatic heterocycles. The van der Waals surface area contributed by atoms with E-state index < -0.39 is 0 Å². The van der Waals surface area contributed by atoms with Crippen LogP contribution in [-0.4, -0.2) is 26.3 Å². The number of halogens is 2. The van der Waals surface area contributed by atoms with Crippen LogP contribution in [0.25, 0.3) is 22.0 Å². The number of hydrogen-bond acceptors (Lipinski definition) is 3. The number of alkyl halides is 1. The Morgan fingerprint density at radius 2 is 1.89 bits per heavy atom. The van der Waals surface area contributed by atoms with Crippen molar-refractivity contribution < 1.29 is 14.3 Å². The van der Waals surface area contributed by atoms with E-state index in [1.807, 2.05) is 6.07 Å². The molecule has 4 aromatic rings. The van der Waals surface area contributed by atoms with Crippen LogP contribution in [0.2, 0.25) is 0 Å². The third-order valence-electron chi connectivity index (χ3n) is 4.64. The fourth-order valence-electron chi connectivity index (χ4n) is 3.32. The van der Waals surface area contributed by atoms with Crippen molar-refractivity contribution in [3.8, 4) is 17.0 Å². The van der Waals surface area contributed by atoms with E-state index in [-0.39, 0.29) is 17.5 Å². The van der Waals surface area contributed by atoms with Gasteiger partial charge >= 0.3 is 0 Å². The molecule has 28 heavy (non-hydrogen) atoms. The van der Waals surface area contributed by atoms with Crippen molar-refractivity contribution in [2.24, 2.45) is 0 Å². The average molecular weight is 395 g/mol. The molecule has 0 unspecified atom stereocenters. The van der Waals surface area contributed by atoms with Crippen molar-refractivity contribution >= 4 is 28.3 Å². The number of benzene rings is 2. The van der Waals surface area contributed by atoms with Crippen LogP contribution >= 0.6 is 11.6 Å². The number of ketones is 1. The maximum atomic E-state index is 13.2. The van der Waals surface area contributed by atoms with E-state index in [9.17, 15) is 14.3 Å². The van der Waals surface area contributed by atoms with Gasteiger partial charge in [-0.05, 0) is 35.4 Å². The highest BCUT2D eigenvalue weighted by molar-refractivity contribution is 6.18. The average Bonchev–Trinajstić information content (AvgIpc) is 3.08. The summed E-state index contributed by atoms with van der Waals surface area (Å²) in [6.45, 7) is 0.445. The Morgan fingerprint density at radius 3 is 2.64 bits per heavy atom. The molecular weight excluding hydrogens is 379 g/mol. The third-order valence-corrected chi connectivity index (χ3v) is 4.81. The van der Waals surface area contributed by atoms with Gasteiger partial charge in [-0.1, -0.05) is 30.3 Å². The number of hydrogen-bond donors (Lipinski definition) is 1. The molecule has 0 radical (unpaired) electrons. The fourth-order valence-corrected chi connectivity index (χ4v) is 3.50. The number of carbonyl (C=O) groups is 1. The summed E-state index contributed by atoms with van der Waals surface area (Å²) in [7, 11) is 0. The molecule has 140 valence electrons. The first-order chi connectivity index (χ1) is 13.6. The SMILES string of the molecule is O=C(c1cccc(-c2ccc(F)cc2)c1)c1cn(CCCl)c2c(O)nccc12. The number of aromatic nitrogens is 2. The van der Waals surface area contributed by atoms with Gasteiger partial charge < -0.3 is 9.67 Å². The molecular formula is C22H16ClFN2O2. The summed E-state index contributed by atoms with van der Waals surface area (Å²) < 4.78 is 14.9. The maximum absolute atomic E-state index is 13.2. The second-order valence-electron chi connectivity index (χ2n) is 6.37. The minimum absolute atomic E-state index is 0.137. The van der Waals surface area contributed by atoms with Crippen LogP contribution in [0.15, 0.2) is 67.0 Å². The lowest BCUT2D eigenvalue weighted by atomic mass is 9.98. The van der Waals surface area contributed by atoms with E-state index in [1.54, 1.807) is 47.2 Å². The number of aryl methyl sites for hydroxylation is 1. The van der Waals surface area contributed by atoms with Crippen LogP contribution in [-0.2, 0) is 6.54 Å². The molecule has 1 N–H and O–H groups in total. The summed E-state index contributed by atoms with van der Waals surface area (Å²) in [4.78, 5) is 17.1. The topological polar surface area (TPSA) is 55.1 Å². The van der Waals surface area contributed by atoms with Crippen LogP contribution in [0.4, 0.5) is 4.39 Å². The molecule has 6 heteroatoms. The van der Waals surface area contributed by atoms with E-state index in [2.05, 4.69) is 4.98 Å². The van der Waals surface area contributed by atoms with E-state index in [0.29, 0.717) is 34.5 Å². The van der Waals surface area contributed by atoms with Gasteiger partial charge in [0.2, 0.25) is 5.88 Å². The number of nitrogens with zero attached hydrogens (tertiary/aromatic N) is 2. The number of aromatic hydroxyl groups is 1. The first-order valence-corrected chi connectivity index (χ1v) is 9.25. The molecule has 0 aliphatic rings. The quantitative estimate of drug-likeness (QED) is 0.382. The standard InChI is InChI=1S/C22H16ClFN2O2/c23-9-11-26-13-19(18-8-10-25-22(28)20(18)26)21(27)16-3-1-2-15(12-16)14-4-6-17(24)7-5-14/h1-8,10,12-13H,9,11H2,(H,25,28). The minimum Gasteiger partial charge on any atom is -0.492 e. The predicted octanol–water partition coefficient (Wildman–Crippen LogP) is 5.02. The van der Waals surface area contributed by atoms with Gasteiger partial charge in [0.15, 0.2) is 5.78 Å². The Balaban J connectivity index is 1.79. The van der Waals surface area contributed by atoms with Crippen molar-refractivity contribution in [2.75, 3.05) is 5.88 Å². The number of rotatable bonds is 5. The van der Waals surface area contributed by atoms with Gasteiger partial charge in [0.1, 0.15) is 11.3 Å². The Hall–Kier alpha value is -3.18. The molecule has 2 aromatic carbocycles. The van der Waals surface area contributed by atoms with Gasteiger partial charge in [-0.3, -0.25) is 4.79 Å². The summed E-state index contributed by atoms with van der Waals surface area (Å²) in [5.41, 5.74) is 3.10. The van der Waals surface area contributed by atoms with E-state index in [4.69, 9.17) is 11.6 Å². The molecule has 0 atom stereocenters. The molecule has 0 amide bonds. The molecule has 4 rings (SSSR count). The summed E-state index contributed by atoms with van der Waals surface area (Å²) in [6, 6.07) is 15.0. The third kappa shape index (κ3) is 3.25. The molecule has 2 aromatic heterocycles. The zero-order valence-electron chi connectivity index (χ0n) is 14.8. The normalized spacial score (nSPS) is 11.1. The first-order valence-electron chi connectivity index (χ1n) is 8.72. The maximum Gasteiger partial charge on any atom is 0.236 e. The summed E-state index contributed by atoms with van der Waals surface area (Å²) >= 11 is 5.86. The first kappa shape index (κ1) is 18.2. The Kier molecular flexibility index (Phi) is 4.84. The van der Waals surface area contributed by atoms with Crippen LogP contribution in [0, 0.1) is 5.82 Å². The van der Waals surface area contributed by atoms with Crippen molar-refractivity contribution in [1.29, 1.82) is 0 Å². The highest BCUT2D eigenvalue weighted by Gasteiger charge is 2.19. The van der Waals surface area contributed by atoms with Crippen molar-refractivity contribution in [1.82, 2.24) is 9.55 Å². The van der Waals surface area contributed by atoms with Gasteiger partial charge in [0.25, 0.3) is 0 Å².